The van der Waals surface area contributed by atoms with Crippen LogP contribution in [0.3, 0.4) is 0 Å². The number of benzene rings is 1. The first kappa shape index (κ1) is 16.2. The van der Waals surface area contributed by atoms with Gasteiger partial charge in [-0.25, -0.2) is 0 Å². The molecule has 5 heteroatoms. The number of nitrogens with two attached hydrogens (primary N) is 1. The molecule has 96 valence electrons. The van der Waals surface area contributed by atoms with Gasteiger partial charge in [-0.05, 0) is 24.6 Å². The van der Waals surface area contributed by atoms with Crippen LogP contribution in [0.4, 0.5) is 0 Å². The Hall–Kier alpha value is -0.770. The summed E-state index contributed by atoms with van der Waals surface area (Å²) in [6.07, 6.45) is 1.23. The summed E-state index contributed by atoms with van der Waals surface area (Å²) in [6, 6.07) is 7.55. The van der Waals surface area contributed by atoms with Crippen LogP contribution in [-0.4, -0.2) is 24.4 Å². The number of halogens is 2. The summed E-state index contributed by atoms with van der Waals surface area (Å²) in [4.78, 5) is 13.3. The topological polar surface area (TPSA) is 46.3 Å². The van der Waals surface area contributed by atoms with E-state index in [4.69, 9.17) is 17.3 Å². The van der Waals surface area contributed by atoms with Crippen LogP contribution in [0.2, 0.25) is 5.02 Å². The van der Waals surface area contributed by atoms with Gasteiger partial charge in [0.1, 0.15) is 0 Å². The van der Waals surface area contributed by atoms with E-state index in [2.05, 4.69) is 0 Å². The monoisotopic (exact) mass is 276 g/mol. The second kappa shape index (κ2) is 8.34. The van der Waals surface area contributed by atoms with Gasteiger partial charge in [-0.1, -0.05) is 29.8 Å². The molecule has 1 amide bonds. The van der Waals surface area contributed by atoms with Crippen molar-refractivity contribution in [2.24, 2.45) is 5.73 Å². The van der Waals surface area contributed by atoms with Gasteiger partial charge in [-0.3, -0.25) is 4.79 Å². The standard InChI is InChI=1S/C12H17ClN2O.ClH/c1-15(12(16)7-4-8-14)9-10-5-2-3-6-11(10)13;/h2-3,5-6H,4,7-9,14H2,1H3;1H. The highest BCUT2D eigenvalue weighted by Crippen LogP contribution is 2.16. The lowest BCUT2D eigenvalue weighted by Crippen LogP contribution is -2.26. The lowest BCUT2D eigenvalue weighted by Gasteiger charge is -2.17. The Bertz CT molecular complexity index is 358. The third-order valence-electron chi connectivity index (χ3n) is 2.39. The highest BCUT2D eigenvalue weighted by atomic mass is 35.5. The summed E-state index contributed by atoms with van der Waals surface area (Å²) in [5.74, 6) is 0.102. The molecule has 0 aliphatic rings. The minimum atomic E-state index is 0. The van der Waals surface area contributed by atoms with E-state index in [0.29, 0.717) is 24.5 Å². The van der Waals surface area contributed by atoms with Crippen molar-refractivity contribution in [3.05, 3.63) is 34.9 Å². The molecule has 0 atom stereocenters. The smallest absolute Gasteiger partial charge is 0.222 e. The van der Waals surface area contributed by atoms with E-state index in [-0.39, 0.29) is 18.3 Å². The molecule has 0 bridgehead atoms. The Morgan fingerprint density at radius 2 is 2.06 bits per heavy atom. The van der Waals surface area contributed by atoms with Crippen molar-refractivity contribution in [3.8, 4) is 0 Å². The Balaban J connectivity index is 0.00000256. The Kier molecular flexibility index (Phi) is 7.96. The quantitative estimate of drug-likeness (QED) is 0.898. The van der Waals surface area contributed by atoms with E-state index in [9.17, 15) is 4.79 Å². The largest absolute Gasteiger partial charge is 0.341 e. The molecule has 0 saturated carbocycles. The zero-order valence-corrected chi connectivity index (χ0v) is 11.4. The normalized spacial score (nSPS) is 9.59. The molecular weight excluding hydrogens is 259 g/mol. The van der Waals surface area contributed by atoms with Crippen LogP contribution in [0.25, 0.3) is 0 Å². The fourth-order valence-corrected chi connectivity index (χ4v) is 1.61. The third-order valence-corrected chi connectivity index (χ3v) is 2.75. The van der Waals surface area contributed by atoms with Crippen LogP contribution in [0.15, 0.2) is 24.3 Å². The van der Waals surface area contributed by atoms with Crippen LogP contribution in [0.5, 0.6) is 0 Å². The molecule has 2 N–H and O–H groups in total. The van der Waals surface area contributed by atoms with Crippen molar-refractivity contribution in [1.29, 1.82) is 0 Å². The molecule has 3 nitrogen and oxygen atoms in total. The van der Waals surface area contributed by atoms with Crippen molar-refractivity contribution in [3.63, 3.8) is 0 Å². The van der Waals surface area contributed by atoms with Crippen molar-refractivity contribution in [2.45, 2.75) is 19.4 Å². The molecule has 0 aliphatic carbocycles. The first-order chi connectivity index (χ1) is 7.65. The van der Waals surface area contributed by atoms with E-state index in [1.54, 1.807) is 11.9 Å². The molecule has 0 radical (unpaired) electrons. The first-order valence-corrected chi connectivity index (χ1v) is 5.70. The summed E-state index contributed by atoms with van der Waals surface area (Å²) in [5.41, 5.74) is 6.33. The average Bonchev–Trinajstić information content (AvgIpc) is 2.28. The highest BCUT2D eigenvalue weighted by molar-refractivity contribution is 6.31. The summed E-state index contributed by atoms with van der Waals surface area (Å²) >= 11 is 6.02. The SMILES string of the molecule is CN(Cc1ccccc1Cl)C(=O)CCCN.Cl. The number of hydrogen-bond donors (Lipinski definition) is 1. The molecule has 17 heavy (non-hydrogen) atoms. The Morgan fingerprint density at radius 3 is 2.65 bits per heavy atom. The van der Waals surface area contributed by atoms with E-state index < -0.39 is 0 Å². The maximum Gasteiger partial charge on any atom is 0.222 e. The maximum absolute atomic E-state index is 11.6. The predicted octanol–water partition coefficient (Wildman–Crippen LogP) is 2.46. The molecule has 0 spiro atoms. The van der Waals surface area contributed by atoms with Crippen molar-refractivity contribution < 1.29 is 4.79 Å². The zero-order valence-electron chi connectivity index (χ0n) is 9.86. The lowest BCUT2D eigenvalue weighted by atomic mass is 10.2. The van der Waals surface area contributed by atoms with Crippen molar-refractivity contribution in [1.82, 2.24) is 4.90 Å². The van der Waals surface area contributed by atoms with Gasteiger partial charge in [0.2, 0.25) is 5.91 Å². The molecule has 0 aliphatic heterocycles. The molecule has 1 aromatic rings. The summed E-state index contributed by atoms with van der Waals surface area (Å²) in [7, 11) is 1.78. The predicted molar refractivity (Wildman–Crippen MR) is 73.5 cm³/mol. The third kappa shape index (κ3) is 5.39. The Labute approximate surface area is 113 Å². The van der Waals surface area contributed by atoms with Gasteiger partial charge in [-0.2, -0.15) is 0 Å². The number of hydrogen-bond acceptors (Lipinski definition) is 2. The molecule has 0 fully saturated rings. The van der Waals surface area contributed by atoms with Crippen molar-refractivity contribution in [2.75, 3.05) is 13.6 Å². The van der Waals surface area contributed by atoms with Crippen LogP contribution < -0.4 is 5.73 Å². The molecule has 1 aromatic carbocycles. The lowest BCUT2D eigenvalue weighted by molar-refractivity contribution is -0.130. The van der Waals surface area contributed by atoms with Gasteiger partial charge >= 0.3 is 0 Å². The molecule has 1 rings (SSSR count). The van der Waals surface area contributed by atoms with E-state index in [1.165, 1.54) is 0 Å². The van der Waals surface area contributed by atoms with Crippen LogP contribution in [0, 0.1) is 0 Å². The molecular formula is C12H18Cl2N2O. The number of rotatable bonds is 5. The minimum absolute atomic E-state index is 0. The fourth-order valence-electron chi connectivity index (χ4n) is 1.41. The van der Waals surface area contributed by atoms with E-state index in [0.717, 1.165) is 12.0 Å². The zero-order chi connectivity index (χ0) is 12.0. The van der Waals surface area contributed by atoms with Gasteiger partial charge in [-0.15, -0.1) is 12.4 Å². The molecule has 0 heterocycles. The summed E-state index contributed by atoms with van der Waals surface area (Å²) in [5, 5.41) is 0.695. The maximum atomic E-state index is 11.6. The van der Waals surface area contributed by atoms with E-state index in [1.807, 2.05) is 24.3 Å². The van der Waals surface area contributed by atoms with Gasteiger partial charge in [0.15, 0.2) is 0 Å². The minimum Gasteiger partial charge on any atom is -0.341 e. The summed E-state index contributed by atoms with van der Waals surface area (Å²) < 4.78 is 0. The van der Waals surface area contributed by atoms with E-state index >= 15 is 0 Å². The summed E-state index contributed by atoms with van der Waals surface area (Å²) in [6.45, 7) is 1.09. The second-order valence-corrected chi connectivity index (χ2v) is 4.14. The molecule has 0 saturated heterocycles. The number of nitrogens with zero attached hydrogens (tertiary/aromatic N) is 1. The Morgan fingerprint density at radius 1 is 1.41 bits per heavy atom. The van der Waals surface area contributed by atoms with Gasteiger partial charge in [0, 0.05) is 25.0 Å². The highest BCUT2D eigenvalue weighted by Gasteiger charge is 2.09. The van der Waals surface area contributed by atoms with Crippen LogP contribution in [0.1, 0.15) is 18.4 Å². The number of carbonyl (C=O) groups excluding carboxylic acids is 1. The number of amides is 1. The van der Waals surface area contributed by atoms with Crippen LogP contribution in [-0.2, 0) is 11.3 Å². The van der Waals surface area contributed by atoms with Gasteiger partial charge in [0.25, 0.3) is 0 Å². The van der Waals surface area contributed by atoms with Gasteiger partial charge in [0.05, 0.1) is 0 Å². The van der Waals surface area contributed by atoms with Crippen LogP contribution >= 0.6 is 24.0 Å². The van der Waals surface area contributed by atoms with Gasteiger partial charge < -0.3 is 10.6 Å². The average molecular weight is 277 g/mol. The number of carbonyl (C=O) groups is 1. The molecule has 0 aromatic heterocycles. The van der Waals surface area contributed by atoms with Crippen molar-refractivity contribution >= 4 is 29.9 Å². The molecule has 0 unspecified atom stereocenters. The first-order valence-electron chi connectivity index (χ1n) is 5.32. The fraction of sp³-hybridized carbons (Fsp3) is 0.417. The second-order valence-electron chi connectivity index (χ2n) is 3.73.